The van der Waals surface area contributed by atoms with Crippen molar-refractivity contribution in [3.8, 4) is 51.1 Å². The van der Waals surface area contributed by atoms with Gasteiger partial charge in [-0.2, -0.15) is 0 Å². The maximum absolute atomic E-state index is 6.80. The van der Waals surface area contributed by atoms with Gasteiger partial charge in [-0.05, 0) is 76.6 Å². The van der Waals surface area contributed by atoms with Crippen molar-refractivity contribution >= 4 is 33.1 Å². The number of furan rings is 1. The number of benzene rings is 5. The summed E-state index contributed by atoms with van der Waals surface area (Å²) in [6.07, 6.45) is 0. The molecule has 7 heteroatoms. The van der Waals surface area contributed by atoms with Crippen LogP contribution in [0.2, 0.25) is 0 Å². The van der Waals surface area contributed by atoms with Gasteiger partial charge in [0, 0.05) is 21.8 Å². The third-order valence-corrected chi connectivity index (χ3v) is 10.5. The molecule has 0 spiro atoms. The molecule has 0 aliphatic rings. The second-order valence-electron chi connectivity index (χ2n) is 16.2. The number of pyridine rings is 1. The fraction of sp³-hybridized carbons (Fsp3) is 0.204. The maximum Gasteiger partial charge on any atom is 0.228 e. The van der Waals surface area contributed by atoms with Crippen LogP contribution in [0, 0.1) is 0 Å². The summed E-state index contributed by atoms with van der Waals surface area (Å²) in [6.45, 7) is 15.4. The molecule has 56 heavy (non-hydrogen) atoms. The zero-order valence-corrected chi connectivity index (χ0v) is 32.9. The summed E-state index contributed by atoms with van der Waals surface area (Å²) in [4.78, 5) is 25.1. The number of hydrogen-bond donors (Lipinski definition) is 0. The molecular formula is C49H44N6O. The molecule has 0 amide bonds. The predicted octanol–water partition coefficient (Wildman–Crippen LogP) is 12.7. The van der Waals surface area contributed by atoms with Crippen LogP contribution < -0.4 is 0 Å². The van der Waals surface area contributed by atoms with Crippen LogP contribution in [0.1, 0.15) is 77.3 Å². The molecule has 9 rings (SSSR count). The standard InChI is InChI=1S/C49H44N6O/c1-29(2)37-27-33(31-17-10-8-11-18-31)28-38(30(3)4)42(37)55-41-24-15-14-23-39(41)50-46(55)36-22-16-21-34-35-25-26-40(51-47(35)56-43(34)36)45-52-44(32-19-12-9-13-20-32)53-48(54-45)49(5,6)7/h8-30H,1-7H3. The Hall–Kier alpha value is -6.47. The molecule has 4 aromatic heterocycles. The summed E-state index contributed by atoms with van der Waals surface area (Å²) in [5.41, 5.74) is 11.5. The summed E-state index contributed by atoms with van der Waals surface area (Å²) in [5.74, 6) is 3.16. The van der Waals surface area contributed by atoms with Crippen LogP contribution in [-0.2, 0) is 5.41 Å². The van der Waals surface area contributed by atoms with Crippen LogP contribution in [-0.4, -0.2) is 29.5 Å². The van der Waals surface area contributed by atoms with Gasteiger partial charge in [-0.25, -0.2) is 24.9 Å². The first-order valence-electron chi connectivity index (χ1n) is 19.4. The van der Waals surface area contributed by atoms with Gasteiger partial charge in [0.1, 0.15) is 22.9 Å². The average Bonchev–Trinajstić information content (AvgIpc) is 3.79. The zero-order chi connectivity index (χ0) is 38.7. The maximum atomic E-state index is 6.80. The highest BCUT2D eigenvalue weighted by Crippen LogP contribution is 2.42. The summed E-state index contributed by atoms with van der Waals surface area (Å²) in [6, 6.07) is 44.1. The molecule has 0 N–H and O–H groups in total. The van der Waals surface area contributed by atoms with E-state index in [-0.39, 0.29) is 17.3 Å². The summed E-state index contributed by atoms with van der Waals surface area (Å²) < 4.78 is 9.16. The first-order chi connectivity index (χ1) is 27.0. The second kappa shape index (κ2) is 13.7. The number of hydrogen-bond acceptors (Lipinski definition) is 6. The molecule has 0 fully saturated rings. The quantitative estimate of drug-likeness (QED) is 0.162. The van der Waals surface area contributed by atoms with E-state index in [1.807, 2.05) is 36.4 Å². The molecule has 0 aliphatic heterocycles. The summed E-state index contributed by atoms with van der Waals surface area (Å²) >= 11 is 0. The molecule has 276 valence electrons. The highest BCUT2D eigenvalue weighted by molar-refractivity contribution is 6.09. The first-order valence-corrected chi connectivity index (χ1v) is 19.4. The highest BCUT2D eigenvalue weighted by atomic mass is 16.3. The monoisotopic (exact) mass is 732 g/mol. The number of nitrogens with zero attached hydrogens (tertiary/aromatic N) is 6. The van der Waals surface area contributed by atoms with Crippen molar-refractivity contribution < 1.29 is 4.42 Å². The molecule has 7 nitrogen and oxygen atoms in total. The molecule has 0 atom stereocenters. The highest BCUT2D eigenvalue weighted by Gasteiger charge is 2.26. The van der Waals surface area contributed by atoms with Crippen LogP contribution in [0.4, 0.5) is 0 Å². The lowest BCUT2D eigenvalue weighted by atomic mass is 9.88. The van der Waals surface area contributed by atoms with E-state index in [1.165, 1.54) is 27.9 Å². The van der Waals surface area contributed by atoms with Crippen LogP contribution in [0.15, 0.2) is 132 Å². The van der Waals surface area contributed by atoms with Gasteiger partial charge in [-0.3, -0.25) is 4.57 Å². The fourth-order valence-corrected chi connectivity index (χ4v) is 7.57. The Morgan fingerprint density at radius 2 is 1.20 bits per heavy atom. The third-order valence-electron chi connectivity index (χ3n) is 10.5. The van der Waals surface area contributed by atoms with Gasteiger partial charge in [0.05, 0.1) is 22.3 Å². The Morgan fingerprint density at radius 1 is 0.554 bits per heavy atom. The minimum Gasteiger partial charge on any atom is -0.437 e. The largest absolute Gasteiger partial charge is 0.437 e. The lowest BCUT2D eigenvalue weighted by Crippen LogP contribution is -2.18. The number of imidazole rings is 1. The number of para-hydroxylation sites is 3. The van der Waals surface area contributed by atoms with E-state index in [0.29, 0.717) is 28.9 Å². The third kappa shape index (κ3) is 6.13. The van der Waals surface area contributed by atoms with Crippen LogP contribution in [0.25, 0.3) is 84.2 Å². The van der Waals surface area contributed by atoms with Gasteiger partial charge in [-0.1, -0.05) is 133 Å². The molecule has 0 aliphatic carbocycles. The molecule has 0 radical (unpaired) electrons. The normalized spacial score (nSPS) is 12.2. The van der Waals surface area contributed by atoms with Gasteiger partial charge in [0.15, 0.2) is 11.6 Å². The smallest absolute Gasteiger partial charge is 0.228 e. The summed E-state index contributed by atoms with van der Waals surface area (Å²) in [7, 11) is 0. The van der Waals surface area contributed by atoms with E-state index in [1.54, 1.807) is 0 Å². The van der Waals surface area contributed by atoms with Crippen molar-refractivity contribution in [2.45, 2.75) is 65.7 Å². The Balaban J connectivity index is 1.26. The lowest BCUT2D eigenvalue weighted by molar-refractivity contribution is 0.543. The van der Waals surface area contributed by atoms with Crippen LogP contribution in [0.3, 0.4) is 0 Å². The van der Waals surface area contributed by atoms with Gasteiger partial charge in [0.2, 0.25) is 5.71 Å². The van der Waals surface area contributed by atoms with Crippen molar-refractivity contribution in [2.24, 2.45) is 0 Å². The number of fused-ring (bicyclic) bond motifs is 4. The SMILES string of the molecule is CC(C)c1cc(-c2ccccc2)cc(C(C)C)c1-n1c(-c2cccc3c2oc2nc(-c4nc(-c5ccccc5)nc(C(C)(C)C)n4)ccc23)nc2ccccc21. The van der Waals surface area contributed by atoms with Gasteiger partial charge in [-0.15, -0.1) is 0 Å². The average molecular weight is 733 g/mol. The van der Waals surface area contributed by atoms with Crippen molar-refractivity contribution in [1.82, 2.24) is 29.5 Å². The van der Waals surface area contributed by atoms with E-state index in [4.69, 9.17) is 29.3 Å². The molecule has 9 aromatic rings. The van der Waals surface area contributed by atoms with E-state index < -0.39 is 0 Å². The first kappa shape index (κ1) is 35.2. The molecular weight excluding hydrogens is 689 g/mol. The van der Waals surface area contributed by atoms with Crippen LogP contribution in [0.5, 0.6) is 0 Å². The number of aromatic nitrogens is 6. The van der Waals surface area contributed by atoms with Crippen molar-refractivity contribution in [1.29, 1.82) is 0 Å². The topological polar surface area (TPSA) is 82.5 Å². The Morgan fingerprint density at radius 3 is 1.88 bits per heavy atom. The number of rotatable bonds is 7. The minimum atomic E-state index is -0.294. The van der Waals surface area contributed by atoms with Crippen molar-refractivity contribution in [3.05, 3.63) is 144 Å². The second-order valence-corrected chi connectivity index (χ2v) is 16.2. The molecule has 5 aromatic carbocycles. The molecule has 0 bridgehead atoms. The Bertz CT molecular complexity index is 2870. The van der Waals surface area contributed by atoms with E-state index in [9.17, 15) is 0 Å². The Kier molecular flexibility index (Phi) is 8.61. The zero-order valence-electron chi connectivity index (χ0n) is 32.9. The van der Waals surface area contributed by atoms with Crippen LogP contribution >= 0.6 is 0 Å². The lowest BCUT2D eigenvalue weighted by Gasteiger charge is -2.24. The Labute approximate surface area is 327 Å². The molecule has 0 unspecified atom stereocenters. The van der Waals surface area contributed by atoms with Gasteiger partial charge < -0.3 is 4.42 Å². The molecule has 0 saturated heterocycles. The van der Waals surface area contributed by atoms with E-state index in [2.05, 4.69) is 144 Å². The van der Waals surface area contributed by atoms with Gasteiger partial charge in [0.25, 0.3) is 0 Å². The summed E-state index contributed by atoms with van der Waals surface area (Å²) in [5, 5.41) is 1.89. The molecule has 0 saturated carbocycles. The minimum absolute atomic E-state index is 0.251. The van der Waals surface area contributed by atoms with Crippen molar-refractivity contribution in [3.63, 3.8) is 0 Å². The van der Waals surface area contributed by atoms with Gasteiger partial charge >= 0.3 is 0 Å². The van der Waals surface area contributed by atoms with E-state index in [0.717, 1.165) is 44.3 Å². The predicted molar refractivity (Wildman–Crippen MR) is 228 cm³/mol. The molecule has 4 heterocycles. The fourth-order valence-electron chi connectivity index (χ4n) is 7.57. The van der Waals surface area contributed by atoms with E-state index >= 15 is 0 Å². The van der Waals surface area contributed by atoms with Crippen molar-refractivity contribution in [2.75, 3.05) is 0 Å².